The molecule has 3 aromatic rings. The molecule has 0 spiro atoms. The first kappa shape index (κ1) is 23.1. The van der Waals surface area contributed by atoms with Gasteiger partial charge in [-0.1, -0.05) is 6.07 Å². The maximum Gasteiger partial charge on any atom is 0.259 e. The summed E-state index contributed by atoms with van der Waals surface area (Å²) in [7, 11) is 1.60. The quantitative estimate of drug-likeness (QED) is 0.494. The van der Waals surface area contributed by atoms with Gasteiger partial charge in [-0.05, 0) is 43.7 Å². The highest BCUT2D eigenvalue weighted by molar-refractivity contribution is 6.08. The highest BCUT2D eigenvalue weighted by atomic mass is 19.1. The third-order valence-electron chi connectivity index (χ3n) is 4.60. The van der Waals surface area contributed by atoms with Crippen LogP contribution in [0, 0.1) is 11.6 Å². The first-order chi connectivity index (χ1) is 15.4. The number of aryl methyl sites for hydroxylation is 1. The molecule has 0 unspecified atom stereocenters. The summed E-state index contributed by atoms with van der Waals surface area (Å²) in [5.74, 6) is -2.35. The number of aromatic nitrogens is 2. The predicted octanol–water partition coefficient (Wildman–Crippen LogP) is 3.77. The zero-order chi connectivity index (χ0) is 23.1. The monoisotopic (exact) mass is 442 g/mol. The van der Waals surface area contributed by atoms with Gasteiger partial charge in [-0.15, -0.1) is 0 Å². The maximum absolute atomic E-state index is 14.3. The van der Waals surface area contributed by atoms with E-state index < -0.39 is 17.5 Å². The molecule has 32 heavy (non-hydrogen) atoms. The van der Waals surface area contributed by atoms with Crippen molar-refractivity contribution in [2.75, 3.05) is 25.1 Å². The van der Waals surface area contributed by atoms with Gasteiger partial charge in [0.2, 0.25) is 0 Å². The van der Waals surface area contributed by atoms with Crippen LogP contribution in [0.4, 0.5) is 14.5 Å². The Hall–Kier alpha value is -3.59. The Labute approximate surface area is 184 Å². The second kappa shape index (κ2) is 10.6. The fraction of sp³-hybridized carbons (Fsp3) is 0.261. The molecular weight excluding hydrogens is 418 g/mol. The Morgan fingerprint density at radius 3 is 2.69 bits per heavy atom. The summed E-state index contributed by atoms with van der Waals surface area (Å²) in [4.78, 5) is 25.2. The number of halogens is 2. The Balaban J connectivity index is 1.73. The fourth-order valence-corrected chi connectivity index (χ4v) is 3.09. The summed E-state index contributed by atoms with van der Waals surface area (Å²) >= 11 is 0. The number of carbonyl (C=O) groups is 2. The van der Waals surface area contributed by atoms with Crippen LogP contribution < -0.4 is 10.6 Å². The molecule has 0 bridgehead atoms. The van der Waals surface area contributed by atoms with Crippen LogP contribution in [0.2, 0.25) is 0 Å². The lowest BCUT2D eigenvalue weighted by Gasteiger charge is -2.09. The second-order valence-electron chi connectivity index (χ2n) is 7.03. The van der Waals surface area contributed by atoms with E-state index in [4.69, 9.17) is 4.74 Å². The van der Waals surface area contributed by atoms with E-state index in [9.17, 15) is 18.4 Å². The normalized spacial score (nSPS) is 10.8. The van der Waals surface area contributed by atoms with Gasteiger partial charge in [-0.3, -0.25) is 14.3 Å². The molecule has 0 saturated carbocycles. The highest BCUT2D eigenvalue weighted by Gasteiger charge is 2.20. The van der Waals surface area contributed by atoms with Crippen molar-refractivity contribution < 1.29 is 23.1 Å². The molecule has 0 radical (unpaired) electrons. The van der Waals surface area contributed by atoms with E-state index in [1.54, 1.807) is 31.3 Å². The Kier molecular flexibility index (Phi) is 7.67. The minimum Gasteiger partial charge on any atom is -0.382 e. The van der Waals surface area contributed by atoms with Gasteiger partial charge in [-0.2, -0.15) is 5.10 Å². The standard InChI is InChI=1S/C23H24F2N4O3/c1-3-32-11-5-10-26-22(30)15-6-4-7-17(12-15)27-23(31)19-14-29(2)28-21(19)18-9-8-16(24)13-20(18)25/h4,6-9,12-14H,3,5,10-11H2,1-2H3,(H,26,30)(H,27,31). The lowest BCUT2D eigenvalue weighted by molar-refractivity contribution is 0.0943. The van der Waals surface area contributed by atoms with Gasteiger partial charge in [0.1, 0.15) is 17.3 Å². The average Bonchev–Trinajstić information content (AvgIpc) is 3.15. The molecule has 0 aliphatic rings. The zero-order valence-corrected chi connectivity index (χ0v) is 17.8. The molecule has 0 atom stereocenters. The SMILES string of the molecule is CCOCCCNC(=O)c1cccc(NC(=O)c2cn(C)nc2-c2ccc(F)cc2F)c1. The first-order valence-electron chi connectivity index (χ1n) is 10.2. The number of rotatable bonds is 9. The van der Waals surface area contributed by atoms with Crippen molar-refractivity contribution in [1.82, 2.24) is 15.1 Å². The molecular formula is C23H24F2N4O3. The second-order valence-corrected chi connectivity index (χ2v) is 7.03. The van der Waals surface area contributed by atoms with Crippen LogP contribution in [0.5, 0.6) is 0 Å². The highest BCUT2D eigenvalue weighted by Crippen LogP contribution is 2.26. The summed E-state index contributed by atoms with van der Waals surface area (Å²) < 4.78 is 34.1. The first-order valence-corrected chi connectivity index (χ1v) is 10.2. The summed E-state index contributed by atoms with van der Waals surface area (Å²) in [6.07, 6.45) is 2.14. The molecule has 0 saturated heterocycles. The number of nitrogens with one attached hydrogen (secondary N) is 2. The minimum atomic E-state index is -0.819. The fourth-order valence-electron chi connectivity index (χ4n) is 3.09. The molecule has 0 aliphatic heterocycles. The molecule has 2 aromatic carbocycles. The van der Waals surface area contributed by atoms with Crippen LogP contribution in [-0.4, -0.2) is 41.4 Å². The Bertz CT molecular complexity index is 1110. The maximum atomic E-state index is 14.3. The van der Waals surface area contributed by atoms with Gasteiger partial charge in [0.05, 0.1) is 5.56 Å². The van der Waals surface area contributed by atoms with E-state index in [-0.39, 0.29) is 22.7 Å². The molecule has 2 amide bonds. The Morgan fingerprint density at radius 1 is 1.12 bits per heavy atom. The number of nitrogens with zero attached hydrogens (tertiary/aromatic N) is 2. The average molecular weight is 442 g/mol. The van der Waals surface area contributed by atoms with E-state index in [0.29, 0.717) is 37.4 Å². The van der Waals surface area contributed by atoms with Gasteiger partial charge in [0.15, 0.2) is 0 Å². The van der Waals surface area contributed by atoms with Crippen molar-refractivity contribution in [2.45, 2.75) is 13.3 Å². The van der Waals surface area contributed by atoms with Crippen molar-refractivity contribution in [3.8, 4) is 11.3 Å². The van der Waals surface area contributed by atoms with Crippen LogP contribution in [0.3, 0.4) is 0 Å². The molecule has 1 heterocycles. The van der Waals surface area contributed by atoms with Crippen molar-refractivity contribution in [3.63, 3.8) is 0 Å². The van der Waals surface area contributed by atoms with Crippen molar-refractivity contribution in [2.24, 2.45) is 7.05 Å². The molecule has 3 rings (SSSR count). The Morgan fingerprint density at radius 2 is 1.94 bits per heavy atom. The van der Waals surface area contributed by atoms with Gasteiger partial charge in [0, 0.05) is 55.9 Å². The van der Waals surface area contributed by atoms with Crippen LogP contribution >= 0.6 is 0 Å². The van der Waals surface area contributed by atoms with Gasteiger partial charge in [-0.25, -0.2) is 8.78 Å². The predicted molar refractivity (Wildman–Crippen MR) is 116 cm³/mol. The number of amides is 2. The third kappa shape index (κ3) is 5.76. The largest absolute Gasteiger partial charge is 0.382 e. The molecule has 7 nitrogen and oxygen atoms in total. The summed E-state index contributed by atoms with van der Waals surface area (Å²) in [5.41, 5.74) is 0.994. The van der Waals surface area contributed by atoms with Crippen LogP contribution in [0.1, 0.15) is 34.1 Å². The summed E-state index contributed by atoms with van der Waals surface area (Å²) in [5, 5.41) is 9.65. The molecule has 168 valence electrons. The minimum absolute atomic E-state index is 0.0114. The van der Waals surface area contributed by atoms with E-state index >= 15 is 0 Å². The van der Waals surface area contributed by atoms with Gasteiger partial charge in [0.25, 0.3) is 11.8 Å². The van der Waals surface area contributed by atoms with Crippen molar-refractivity contribution >= 4 is 17.5 Å². The number of benzene rings is 2. The smallest absolute Gasteiger partial charge is 0.259 e. The van der Waals surface area contributed by atoms with Crippen LogP contribution in [0.15, 0.2) is 48.7 Å². The molecule has 9 heteroatoms. The van der Waals surface area contributed by atoms with E-state index in [1.807, 2.05) is 6.92 Å². The zero-order valence-electron chi connectivity index (χ0n) is 17.8. The number of hydrogen-bond acceptors (Lipinski definition) is 4. The van der Waals surface area contributed by atoms with Crippen LogP contribution in [0.25, 0.3) is 11.3 Å². The molecule has 1 aromatic heterocycles. The molecule has 0 fully saturated rings. The lowest BCUT2D eigenvalue weighted by atomic mass is 10.1. The molecule has 2 N–H and O–H groups in total. The third-order valence-corrected chi connectivity index (χ3v) is 4.60. The number of anilines is 1. The summed E-state index contributed by atoms with van der Waals surface area (Å²) in [6, 6.07) is 9.54. The topological polar surface area (TPSA) is 85.3 Å². The van der Waals surface area contributed by atoms with Crippen molar-refractivity contribution in [3.05, 3.63) is 71.4 Å². The van der Waals surface area contributed by atoms with E-state index in [0.717, 1.165) is 12.1 Å². The number of hydrogen-bond donors (Lipinski definition) is 2. The van der Waals surface area contributed by atoms with Gasteiger partial charge < -0.3 is 15.4 Å². The summed E-state index contributed by atoms with van der Waals surface area (Å²) in [6.45, 7) is 3.57. The van der Waals surface area contributed by atoms with E-state index in [1.165, 1.54) is 16.9 Å². The van der Waals surface area contributed by atoms with Crippen molar-refractivity contribution in [1.29, 1.82) is 0 Å². The number of ether oxygens (including phenoxy) is 1. The van der Waals surface area contributed by atoms with E-state index in [2.05, 4.69) is 15.7 Å². The van der Waals surface area contributed by atoms with Crippen LogP contribution in [-0.2, 0) is 11.8 Å². The molecule has 0 aliphatic carbocycles. The number of carbonyl (C=O) groups excluding carboxylic acids is 2. The lowest BCUT2D eigenvalue weighted by Crippen LogP contribution is -2.25. The van der Waals surface area contributed by atoms with Gasteiger partial charge >= 0.3 is 0 Å².